The Kier molecular flexibility index (Phi) is 5.94. The Bertz CT molecular complexity index is 70.4. The summed E-state index contributed by atoms with van der Waals surface area (Å²) in [5.41, 5.74) is 0. The first kappa shape index (κ1) is 7.41. The van der Waals surface area contributed by atoms with Crippen molar-refractivity contribution in [3.05, 3.63) is 12.3 Å². The predicted molar refractivity (Wildman–Crippen MR) is 38.2 cm³/mol. The molecule has 46 valence electrons. The third kappa shape index (κ3) is 5.41. The van der Waals surface area contributed by atoms with Crippen molar-refractivity contribution in [3.63, 3.8) is 0 Å². The molecule has 0 spiro atoms. The Morgan fingerprint density at radius 2 is 2.00 bits per heavy atom. The lowest BCUT2D eigenvalue weighted by molar-refractivity contribution is 1.21. The molecule has 0 heterocycles. The van der Waals surface area contributed by atoms with Crippen LogP contribution in [0.2, 0.25) is 0 Å². The third-order valence-corrected chi connectivity index (χ3v) is 0.715. The number of hydrogen-bond acceptors (Lipinski definition) is 1. The molecule has 0 bridgehead atoms. The number of nitrogens with zero attached hydrogens (tertiary/aromatic N) is 1. The summed E-state index contributed by atoms with van der Waals surface area (Å²) >= 11 is 0. The van der Waals surface area contributed by atoms with Gasteiger partial charge in [-0.25, -0.2) is 0 Å². The van der Waals surface area contributed by atoms with Gasteiger partial charge in [0.05, 0.1) is 0 Å². The lowest BCUT2D eigenvalue weighted by Crippen LogP contribution is -1.62. The highest BCUT2D eigenvalue weighted by Gasteiger charge is 1.62. The highest BCUT2D eigenvalue weighted by Crippen LogP contribution is 1.79. The summed E-state index contributed by atoms with van der Waals surface area (Å²) < 4.78 is 0. The van der Waals surface area contributed by atoms with E-state index >= 15 is 0 Å². The van der Waals surface area contributed by atoms with Crippen LogP contribution < -0.4 is 0 Å². The zero-order valence-electron chi connectivity index (χ0n) is 5.59. The molecule has 0 radical (unpaired) electrons. The van der Waals surface area contributed by atoms with E-state index in [4.69, 9.17) is 0 Å². The molecule has 0 rings (SSSR count). The van der Waals surface area contributed by atoms with Gasteiger partial charge in [-0.15, -0.1) is 0 Å². The summed E-state index contributed by atoms with van der Waals surface area (Å²) in [5, 5.41) is 0. The molecule has 0 fully saturated rings. The van der Waals surface area contributed by atoms with Crippen molar-refractivity contribution >= 4 is 6.21 Å². The first-order valence-electron chi connectivity index (χ1n) is 3.08. The average Bonchev–Trinajstić information content (AvgIpc) is 1.81. The molecule has 0 amide bonds. The predicted octanol–water partition coefficient (Wildman–Crippen LogP) is 2.39. The zero-order valence-corrected chi connectivity index (χ0v) is 5.59. The van der Waals surface area contributed by atoms with E-state index in [1.807, 2.05) is 18.5 Å². The minimum atomic E-state index is 1.02. The van der Waals surface area contributed by atoms with E-state index in [1.54, 1.807) is 0 Å². The third-order valence-electron chi connectivity index (χ3n) is 0.715. The van der Waals surface area contributed by atoms with Crippen LogP contribution >= 0.6 is 0 Å². The maximum atomic E-state index is 3.97. The van der Waals surface area contributed by atoms with Gasteiger partial charge in [0.1, 0.15) is 0 Å². The number of allylic oxidation sites excluding steroid dienone is 1. The molecular formula is C7H13N. The molecule has 0 saturated heterocycles. The first-order chi connectivity index (χ1) is 3.91. The monoisotopic (exact) mass is 111 g/mol. The van der Waals surface area contributed by atoms with Gasteiger partial charge in [0, 0.05) is 12.4 Å². The summed E-state index contributed by atoms with van der Waals surface area (Å²) in [6, 6.07) is 0. The Morgan fingerprint density at radius 1 is 1.25 bits per heavy atom. The van der Waals surface area contributed by atoms with Crippen LogP contribution in [0.3, 0.4) is 0 Å². The van der Waals surface area contributed by atoms with Gasteiger partial charge < -0.3 is 0 Å². The van der Waals surface area contributed by atoms with E-state index in [0.717, 1.165) is 12.8 Å². The normalized spacial score (nSPS) is 11.8. The van der Waals surface area contributed by atoms with Gasteiger partial charge in [-0.05, 0) is 12.8 Å². The van der Waals surface area contributed by atoms with Crippen LogP contribution in [0.1, 0.15) is 26.7 Å². The lowest BCUT2D eigenvalue weighted by Gasteiger charge is -1.74. The fourth-order valence-electron chi connectivity index (χ4n) is 0.333. The van der Waals surface area contributed by atoms with Crippen molar-refractivity contribution in [2.24, 2.45) is 4.99 Å². The molecule has 8 heavy (non-hydrogen) atoms. The van der Waals surface area contributed by atoms with Crippen molar-refractivity contribution in [2.75, 3.05) is 0 Å². The van der Waals surface area contributed by atoms with Gasteiger partial charge in [-0.2, -0.15) is 0 Å². The van der Waals surface area contributed by atoms with Gasteiger partial charge in [0.2, 0.25) is 0 Å². The topological polar surface area (TPSA) is 12.4 Å². The molecule has 0 aromatic heterocycles. The number of rotatable bonds is 3. The van der Waals surface area contributed by atoms with Crippen LogP contribution in [-0.4, -0.2) is 6.21 Å². The highest BCUT2D eigenvalue weighted by atomic mass is 14.7. The van der Waals surface area contributed by atoms with E-state index in [-0.39, 0.29) is 0 Å². The zero-order chi connectivity index (χ0) is 6.24. The summed E-state index contributed by atoms with van der Waals surface area (Å²) in [6.07, 6.45) is 7.86. The maximum absolute atomic E-state index is 3.97. The SMILES string of the molecule is CCC=N/C=C\CC. The molecule has 0 saturated carbocycles. The molecule has 0 N–H and O–H groups in total. The lowest BCUT2D eigenvalue weighted by atomic mass is 10.5. The quantitative estimate of drug-likeness (QED) is 0.496. The number of hydrogen-bond donors (Lipinski definition) is 0. The van der Waals surface area contributed by atoms with E-state index in [2.05, 4.69) is 18.8 Å². The molecule has 0 unspecified atom stereocenters. The fraction of sp³-hybridized carbons (Fsp3) is 0.571. The maximum Gasteiger partial charge on any atom is 0.0223 e. The van der Waals surface area contributed by atoms with Gasteiger partial charge >= 0.3 is 0 Å². The van der Waals surface area contributed by atoms with Gasteiger partial charge in [-0.1, -0.05) is 19.9 Å². The molecular weight excluding hydrogens is 98.1 g/mol. The van der Waals surface area contributed by atoms with Crippen molar-refractivity contribution < 1.29 is 0 Å². The summed E-state index contributed by atoms with van der Waals surface area (Å²) in [4.78, 5) is 3.97. The van der Waals surface area contributed by atoms with E-state index in [0.29, 0.717) is 0 Å². The van der Waals surface area contributed by atoms with E-state index in [1.165, 1.54) is 0 Å². The second-order valence-electron chi connectivity index (χ2n) is 1.53. The molecule has 0 aliphatic rings. The van der Waals surface area contributed by atoms with E-state index in [9.17, 15) is 0 Å². The van der Waals surface area contributed by atoms with Crippen LogP contribution in [0.5, 0.6) is 0 Å². The van der Waals surface area contributed by atoms with Crippen molar-refractivity contribution in [3.8, 4) is 0 Å². The van der Waals surface area contributed by atoms with Gasteiger partial charge in [0.15, 0.2) is 0 Å². The van der Waals surface area contributed by atoms with Crippen LogP contribution in [0, 0.1) is 0 Å². The molecule has 1 heteroatoms. The average molecular weight is 111 g/mol. The second-order valence-corrected chi connectivity index (χ2v) is 1.53. The van der Waals surface area contributed by atoms with Crippen molar-refractivity contribution in [1.29, 1.82) is 0 Å². The molecule has 0 atom stereocenters. The standard InChI is InChI=1S/C7H13N/c1-3-5-7-8-6-4-2/h5-7H,3-4H2,1-2H3/b7-5-,8-6?. The van der Waals surface area contributed by atoms with Crippen LogP contribution in [0.15, 0.2) is 17.3 Å². The van der Waals surface area contributed by atoms with Crippen LogP contribution in [0.4, 0.5) is 0 Å². The second kappa shape index (κ2) is 6.41. The Hall–Kier alpha value is -0.590. The fourth-order valence-corrected chi connectivity index (χ4v) is 0.333. The van der Waals surface area contributed by atoms with Gasteiger partial charge in [0.25, 0.3) is 0 Å². The molecule has 0 aromatic carbocycles. The van der Waals surface area contributed by atoms with Crippen molar-refractivity contribution in [2.45, 2.75) is 26.7 Å². The Labute approximate surface area is 51.1 Å². The number of aliphatic imine (C=N–C) groups is 1. The summed E-state index contributed by atoms with van der Waals surface area (Å²) in [7, 11) is 0. The van der Waals surface area contributed by atoms with Crippen LogP contribution in [-0.2, 0) is 0 Å². The van der Waals surface area contributed by atoms with Crippen molar-refractivity contribution in [1.82, 2.24) is 0 Å². The minimum Gasteiger partial charge on any atom is -0.269 e. The molecule has 0 aliphatic carbocycles. The summed E-state index contributed by atoms with van der Waals surface area (Å²) in [5.74, 6) is 0. The summed E-state index contributed by atoms with van der Waals surface area (Å²) in [6.45, 7) is 4.17. The molecule has 0 aliphatic heterocycles. The molecule has 0 aromatic rings. The molecule has 1 nitrogen and oxygen atoms in total. The highest BCUT2D eigenvalue weighted by molar-refractivity contribution is 5.57. The minimum absolute atomic E-state index is 1.02. The first-order valence-corrected chi connectivity index (χ1v) is 3.08. The Morgan fingerprint density at radius 3 is 2.50 bits per heavy atom. The van der Waals surface area contributed by atoms with Gasteiger partial charge in [-0.3, -0.25) is 4.99 Å². The largest absolute Gasteiger partial charge is 0.269 e. The Balaban J connectivity index is 3.13. The smallest absolute Gasteiger partial charge is 0.0223 e. The van der Waals surface area contributed by atoms with E-state index < -0.39 is 0 Å². The van der Waals surface area contributed by atoms with Crippen LogP contribution in [0.25, 0.3) is 0 Å².